The predicted molar refractivity (Wildman–Crippen MR) is 158 cm³/mol. The lowest BCUT2D eigenvalue weighted by atomic mass is 9.82. The summed E-state index contributed by atoms with van der Waals surface area (Å²) in [5, 5.41) is 29.4. The molecule has 11 nitrogen and oxygen atoms in total. The molecule has 0 unspecified atom stereocenters. The van der Waals surface area contributed by atoms with Crippen molar-refractivity contribution in [1.82, 2.24) is 16.0 Å². The van der Waals surface area contributed by atoms with Crippen LogP contribution in [0.15, 0.2) is 24.3 Å². The Bertz CT molecular complexity index is 980. The molecule has 1 heterocycles. The van der Waals surface area contributed by atoms with Crippen LogP contribution in [0.25, 0.3) is 0 Å². The lowest BCUT2D eigenvalue weighted by molar-refractivity contribution is -0.900. The molecule has 0 aromatic heterocycles. The number of rotatable bonds is 15. The molecular formula is C31H51N4O7+. The van der Waals surface area contributed by atoms with E-state index in [1.54, 1.807) is 33.1 Å². The van der Waals surface area contributed by atoms with E-state index in [4.69, 9.17) is 9.47 Å². The van der Waals surface area contributed by atoms with Crippen molar-refractivity contribution in [2.45, 2.75) is 83.0 Å². The molecule has 1 saturated heterocycles. The van der Waals surface area contributed by atoms with Gasteiger partial charge in [0.05, 0.1) is 32.5 Å². The fourth-order valence-corrected chi connectivity index (χ4v) is 5.78. The summed E-state index contributed by atoms with van der Waals surface area (Å²) in [5.74, 6) is -0.488. The molecule has 236 valence electrons. The van der Waals surface area contributed by atoms with Crippen molar-refractivity contribution >= 4 is 17.7 Å². The van der Waals surface area contributed by atoms with Gasteiger partial charge in [0.1, 0.15) is 30.9 Å². The first-order chi connectivity index (χ1) is 20.2. The molecule has 1 aromatic rings. The number of methoxy groups -OCH3 is 1. The van der Waals surface area contributed by atoms with Gasteiger partial charge >= 0.3 is 0 Å². The predicted octanol–water partition coefficient (Wildman–Crippen LogP) is -0.413. The molecule has 3 rings (SSSR count). The quantitative estimate of drug-likeness (QED) is 0.162. The van der Waals surface area contributed by atoms with Crippen molar-refractivity contribution in [3.63, 3.8) is 0 Å². The van der Waals surface area contributed by atoms with Gasteiger partial charge in [0.2, 0.25) is 11.8 Å². The number of amides is 3. The minimum Gasteiger partial charge on any atom is -0.497 e. The Morgan fingerprint density at radius 2 is 1.67 bits per heavy atom. The van der Waals surface area contributed by atoms with Gasteiger partial charge in [-0.3, -0.25) is 14.4 Å². The first kappa shape index (κ1) is 33.8. The molecule has 2 aliphatic rings. The van der Waals surface area contributed by atoms with E-state index >= 15 is 0 Å². The average Bonchev–Trinajstić information content (AvgIpc) is 3.00. The highest BCUT2D eigenvalue weighted by molar-refractivity contribution is 5.92. The van der Waals surface area contributed by atoms with Gasteiger partial charge < -0.3 is 40.5 Å². The van der Waals surface area contributed by atoms with Crippen LogP contribution in [-0.4, -0.2) is 98.7 Å². The smallest absolute Gasteiger partial charge is 0.275 e. The summed E-state index contributed by atoms with van der Waals surface area (Å²) in [7, 11) is 1.58. The third-order valence-electron chi connectivity index (χ3n) is 8.54. The van der Waals surface area contributed by atoms with Crippen LogP contribution in [-0.2, 0) is 25.5 Å². The summed E-state index contributed by atoms with van der Waals surface area (Å²) in [6, 6.07) is 4.91. The zero-order valence-electron chi connectivity index (χ0n) is 25.4. The highest BCUT2D eigenvalue weighted by Gasteiger charge is 2.33. The van der Waals surface area contributed by atoms with Crippen LogP contribution >= 0.6 is 0 Å². The van der Waals surface area contributed by atoms with Gasteiger partial charge in [-0.05, 0) is 37.0 Å². The van der Waals surface area contributed by atoms with Crippen molar-refractivity contribution in [1.29, 1.82) is 0 Å². The number of morpholine rings is 1. The zero-order chi connectivity index (χ0) is 30.5. The fourth-order valence-electron chi connectivity index (χ4n) is 5.78. The summed E-state index contributed by atoms with van der Waals surface area (Å²) in [5.41, 5.74) is 0.817. The lowest BCUT2D eigenvalue weighted by Crippen LogP contribution is -3.15. The third-order valence-corrected chi connectivity index (χ3v) is 8.54. The summed E-state index contributed by atoms with van der Waals surface area (Å²) in [4.78, 5) is 40.7. The molecule has 6 N–H and O–H groups in total. The van der Waals surface area contributed by atoms with E-state index in [2.05, 4.69) is 16.0 Å². The Morgan fingerprint density at radius 3 is 2.29 bits per heavy atom. The lowest BCUT2D eigenvalue weighted by Gasteiger charge is -2.33. The van der Waals surface area contributed by atoms with E-state index in [9.17, 15) is 24.6 Å². The largest absolute Gasteiger partial charge is 0.497 e. The van der Waals surface area contributed by atoms with Gasteiger partial charge in [-0.15, -0.1) is 0 Å². The van der Waals surface area contributed by atoms with Crippen molar-refractivity contribution in [2.24, 2.45) is 11.8 Å². The first-order valence-electron chi connectivity index (χ1n) is 15.4. The Hall–Kier alpha value is -2.73. The van der Waals surface area contributed by atoms with Gasteiger partial charge in [0.15, 0.2) is 6.54 Å². The molecule has 2 fully saturated rings. The Balaban J connectivity index is 1.71. The van der Waals surface area contributed by atoms with Gasteiger partial charge in [0, 0.05) is 18.9 Å². The summed E-state index contributed by atoms with van der Waals surface area (Å²) in [6.45, 7) is 6.09. The molecule has 42 heavy (non-hydrogen) atoms. The second-order valence-electron chi connectivity index (χ2n) is 11.9. The SMILES string of the molecule is COc1ccc(C[C@H](NC(=O)[C@H](C)NC(=O)C[NH+]2CCOCC2)C(=O)N[C@@H](CC2CCCCC2)[C@@H](O)[C@H](C)CO)cc1. The highest BCUT2D eigenvalue weighted by Crippen LogP contribution is 2.29. The van der Waals surface area contributed by atoms with E-state index in [0.29, 0.717) is 31.3 Å². The highest BCUT2D eigenvalue weighted by atomic mass is 16.5. The Labute approximate surface area is 249 Å². The van der Waals surface area contributed by atoms with Gasteiger partial charge in [-0.25, -0.2) is 0 Å². The molecule has 0 spiro atoms. The van der Waals surface area contributed by atoms with Crippen molar-refractivity contribution in [3.05, 3.63) is 29.8 Å². The molecule has 0 bridgehead atoms. The maximum absolute atomic E-state index is 13.8. The Kier molecular flexibility index (Phi) is 14.0. The third kappa shape index (κ3) is 10.8. The number of benzene rings is 1. The average molecular weight is 592 g/mol. The van der Waals surface area contributed by atoms with Crippen molar-refractivity contribution in [3.8, 4) is 5.75 Å². The van der Waals surface area contributed by atoms with Crippen LogP contribution in [0.3, 0.4) is 0 Å². The second-order valence-corrected chi connectivity index (χ2v) is 11.9. The van der Waals surface area contributed by atoms with Crippen LogP contribution in [0, 0.1) is 11.8 Å². The van der Waals surface area contributed by atoms with E-state index in [1.807, 2.05) is 12.1 Å². The van der Waals surface area contributed by atoms with E-state index in [0.717, 1.165) is 49.2 Å². The van der Waals surface area contributed by atoms with Crippen molar-refractivity contribution < 1.29 is 39.0 Å². The number of aliphatic hydroxyl groups is 2. The van der Waals surface area contributed by atoms with Crippen LogP contribution in [0.1, 0.15) is 57.9 Å². The molecule has 1 saturated carbocycles. The van der Waals surface area contributed by atoms with E-state index in [-0.39, 0.29) is 25.5 Å². The first-order valence-corrected chi connectivity index (χ1v) is 15.4. The fraction of sp³-hybridized carbons (Fsp3) is 0.710. The maximum Gasteiger partial charge on any atom is 0.275 e. The van der Waals surface area contributed by atoms with E-state index in [1.165, 1.54) is 6.42 Å². The summed E-state index contributed by atoms with van der Waals surface area (Å²) in [6.07, 6.45) is 5.43. The number of hydrogen-bond donors (Lipinski definition) is 6. The maximum atomic E-state index is 13.8. The summed E-state index contributed by atoms with van der Waals surface area (Å²) < 4.78 is 10.6. The molecule has 0 radical (unpaired) electrons. The van der Waals surface area contributed by atoms with Gasteiger partial charge in [0.25, 0.3) is 5.91 Å². The minimum absolute atomic E-state index is 0.201. The van der Waals surface area contributed by atoms with Crippen LogP contribution in [0.4, 0.5) is 0 Å². The molecular weight excluding hydrogens is 540 g/mol. The topological polar surface area (TPSA) is 151 Å². The number of aliphatic hydroxyl groups excluding tert-OH is 2. The minimum atomic E-state index is -0.944. The zero-order valence-corrected chi connectivity index (χ0v) is 25.4. The Morgan fingerprint density at radius 1 is 1.00 bits per heavy atom. The number of ether oxygens (including phenoxy) is 2. The van der Waals surface area contributed by atoms with Crippen LogP contribution in [0.5, 0.6) is 5.75 Å². The number of hydrogen-bond acceptors (Lipinski definition) is 7. The molecule has 11 heteroatoms. The van der Waals surface area contributed by atoms with E-state index < -0.39 is 42.0 Å². The molecule has 1 aliphatic carbocycles. The summed E-state index contributed by atoms with van der Waals surface area (Å²) >= 11 is 0. The van der Waals surface area contributed by atoms with Crippen molar-refractivity contribution in [2.75, 3.05) is 46.6 Å². The normalized spacial score (nSPS) is 20.0. The molecule has 5 atom stereocenters. The van der Waals surface area contributed by atoms with Gasteiger partial charge in [-0.2, -0.15) is 0 Å². The molecule has 1 aromatic carbocycles. The molecule has 3 amide bonds. The van der Waals surface area contributed by atoms with Crippen LogP contribution in [0.2, 0.25) is 0 Å². The number of carbonyl (C=O) groups is 3. The monoisotopic (exact) mass is 591 g/mol. The number of carbonyl (C=O) groups excluding carboxylic acids is 3. The second kappa shape index (κ2) is 17.4. The number of quaternary nitrogens is 1. The van der Waals surface area contributed by atoms with Gasteiger partial charge in [-0.1, -0.05) is 51.2 Å². The standard InChI is InChI=1S/C31H50N4O7/c1-21(20-36)29(38)26(17-23-7-5-4-6-8-23)33-31(40)27(18-24-9-11-25(41-3)12-10-24)34-30(39)22(2)32-28(37)19-35-13-15-42-16-14-35/h9-12,21-23,26-27,29,36,38H,4-8,13-20H2,1-3H3,(H,32,37)(H,33,40)(H,34,39)/p+1/t21-,22+,26+,27+,29+/m1/s1. The van der Waals surface area contributed by atoms with Crippen LogP contribution < -0.4 is 25.6 Å². The number of nitrogens with one attached hydrogen (secondary N) is 4. The molecule has 1 aliphatic heterocycles.